The van der Waals surface area contributed by atoms with Crippen LogP contribution in [0.15, 0.2) is 0 Å². The minimum Gasteiger partial charge on any atom is -0.468 e. The molecule has 0 spiro atoms. The molecule has 2 atom stereocenters. The van der Waals surface area contributed by atoms with Gasteiger partial charge in [0.25, 0.3) is 0 Å². The molecule has 1 aliphatic heterocycles. The number of ether oxygens (including phenoxy) is 2. The van der Waals surface area contributed by atoms with Crippen LogP contribution in [0.2, 0.25) is 0 Å². The molecule has 1 aliphatic rings. The van der Waals surface area contributed by atoms with Crippen molar-refractivity contribution in [2.45, 2.75) is 25.3 Å². The lowest BCUT2D eigenvalue weighted by molar-refractivity contribution is -0.142. The van der Waals surface area contributed by atoms with Crippen LogP contribution in [0.3, 0.4) is 0 Å². The Balaban J connectivity index is 2.25. The highest BCUT2D eigenvalue weighted by Crippen LogP contribution is 2.18. The van der Waals surface area contributed by atoms with Gasteiger partial charge in [-0.05, 0) is 25.2 Å². The molecule has 4 nitrogen and oxygen atoms in total. The summed E-state index contributed by atoms with van der Waals surface area (Å²) in [6, 6.07) is -0.489. The maximum atomic E-state index is 11.0. The molecule has 0 aliphatic carbocycles. The van der Waals surface area contributed by atoms with Crippen LogP contribution in [0.5, 0.6) is 0 Å². The van der Waals surface area contributed by atoms with E-state index in [0.717, 1.165) is 26.1 Å². The molecule has 4 heteroatoms. The van der Waals surface area contributed by atoms with Crippen LogP contribution in [-0.2, 0) is 14.3 Å². The van der Waals surface area contributed by atoms with Gasteiger partial charge in [-0.1, -0.05) is 0 Å². The van der Waals surface area contributed by atoms with Crippen molar-refractivity contribution in [3.63, 3.8) is 0 Å². The third-order valence-electron chi connectivity index (χ3n) is 2.35. The zero-order valence-electron chi connectivity index (χ0n) is 7.99. The van der Waals surface area contributed by atoms with Gasteiger partial charge in [0.15, 0.2) is 0 Å². The topological polar surface area (TPSA) is 61.5 Å². The van der Waals surface area contributed by atoms with Crippen molar-refractivity contribution in [2.24, 2.45) is 11.7 Å². The summed E-state index contributed by atoms with van der Waals surface area (Å²) in [5.41, 5.74) is 5.63. The fourth-order valence-electron chi connectivity index (χ4n) is 1.60. The van der Waals surface area contributed by atoms with Crippen molar-refractivity contribution in [1.82, 2.24) is 0 Å². The number of hydrogen-bond donors (Lipinski definition) is 1. The number of carbonyl (C=O) groups excluding carboxylic acids is 1. The summed E-state index contributed by atoms with van der Waals surface area (Å²) in [7, 11) is 1.36. The molecule has 0 radical (unpaired) electrons. The van der Waals surface area contributed by atoms with E-state index in [2.05, 4.69) is 4.74 Å². The molecule has 1 saturated heterocycles. The molecule has 1 heterocycles. The summed E-state index contributed by atoms with van der Waals surface area (Å²) >= 11 is 0. The summed E-state index contributed by atoms with van der Waals surface area (Å²) in [4.78, 5) is 11.0. The molecule has 1 rings (SSSR count). The van der Waals surface area contributed by atoms with E-state index >= 15 is 0 Å². The number of nitrogens with two attached hydrogens (primary N) is 1. The van der Waals surface area contributed by atoms with Gasteiger partial charge in [-0.2, -0.15) is 0 Å². The smallest absolute Gasteiger partial charge is 0.322 e. The largest absolute Gasteiger partial charge is 0.468 e. The van der Waals surface area contributed by atoms with Gasteiger partial charge < -0.3 is 15.2 Å². The van der Waals surface area contributed by atoms with E-state index in [9.17, 15) is 4.79 Å². The van der Waals surface area contributed by atoms with Gasteiger partial charge in [0, 0.05) is 13.2 Å². The van der Waals surface area contributed by atoms with E-state index in [4.69, 9.17) is 10.5 Å². The van der Waals surface area contributed by atoms with Crippen LogP contribution < -0.4 is 5.73 Å². The van der Waals surface area contributed by atoms with Gasteiger partial charge >= 0.3 is 5.97 Å². The Morgan fingerprint density at radius 1 is 1.77 bits per heavy atom. The molecule has 0 amide bonds. The fourth-order valence-corrected chi connectivity index (χ4v) is 1.60. The van der Waals surface area contributed by atoms with Crippen molar-refractivity contribution >= 4 is 5.97 Å². The molecule has 76 valence electrons. The number of esters is 1. The molecular weight excluding hydrogens is 170 g/mol. The lowest BCUT2D eigenvalue weighted by atomic mass is 9.95. The van der Waals surface area contributed by atoms with E-state index in [-0.39, 0.29) is 5.97 Å². The Kier molecular flexibility index (Phi) is 4.18. The highest BCUT2D eigenvalue weighted by Gasteiger charge is 2.21. The quantitative estimate of drug-likeness (QED) is 0.646. The van der Waals surface area contributed by atoms with Crippen molar-refractivity contribution in [3.8, 4) is 0 Å². The SMILES string of the molecule is COC(=O)[C@@H](N)C[C@@H]1CCCOC1. The van der Waals surface area contributed by atoms with E-state index in [1.165, 1.54) is 7.11 Å². The van der Waals surface area contributed by atoms with Gasteiger partial charge in [0.1, 0.15) is 6.04 Å². The van der Waals surface area contributed by atoms with Crippen molar-refractivity contribution in [3.05, 3.63) is 0 Å². The minimum absolute atomic E-state index is 0.328. The van der Waals surface area contributed by atoms with Gasteiger partial charge in [0.2, 0.25) is 0 Å². The molecule has 0 aromatic carbocycles. The van der Waals surface area contributed by atoms with Crippen LogP contribution >= 0.6 is 0 Å². The number of carbonyl (C=O) groups is 1. The molecular formula is C9H17NO3. The van der Waals surface area contributed by atoms with Crippen molar-refractivity contribution in [2.75, 3.05) is 20.3 Å². The summed E-state index contributed by atoms with van der Waals surface area (Å²) in [5.74, 6) is 0.0911. The molecule has 0 saturated carbocycles. The first kappa shape index (κ1) is 10.5. The summed E-state index contributed by atoms with van der Waals surface area (Å²) < 4.78 is 9.84. The lowest BCUT2D eigenvalue weighted by Crippen LogP contribution is -2.35. The number of rotatable bonds is 3. The van der Waals surface area contributed by atoms with Crippen molar-refractivity contribution in [1.29, 1.82) is 0 Å². The van der Waals surface area contributed by atoms with Gasteiger partial charge in [-0.15, -0.1) is 0 Å². The van der Waals surface area contributed by atoms with Gasteiger partial charge in [0.05, 0.1) is 7.11 Å². The first-order valence-corrected chi connectivity index (χ1v) is 4.65. The highest BCUT2D eigenvalue weighted by molar-refractivity contribution is 5.75. The Labute approximate surface area is 78.4 Å². The minimum atomic E-state index is -0.489. The van der Waals surface area contributed by atoms with Crippen LogP contribution in [0.1, 0.15) is 19.3 Å². The number of hydrogen-bond acceptors (Lipinski definition) is 4. The van der Waals surface area contributed by atoms with E-state index in [0.29, 0.717) is 12.3 Å². The van der Waals surface area contributed by atoms with Gasteiger partial charge in [-0.25, -0.2) is 0 Å². The molecule has 0 unspecified atom stereocenters. The predicted octanol–water partition coefficient (Wildman–Crippen LogP) is 0.303. The molecule has 13 heavy (non-hydrogen) atoms. The predicted molar refractivity (Wildman–Crippen MR) is 48.2 cm³/mol. The Morgan fingerprint density at radius 2 is 2.54 bits per heavy atom. The van der Waals surface area contributed by atoms with Crippen LogP contribution in [-0.4, -0.2) is 32.3 Å². The standard InChI is InChI=1S/C9H17NO3/c1-12-9(11)8(10)5-7-3-2-4-13-6-7/h7-8H,2-6,10H2,1H3/t7-,8-/m0/s1. The average Bonchev–Trinajstić information content (AvgIpc) is 2.18. The zero-order chi connectivity index (χ0) is 9.68. The molecule has 0 aromatic rings. The van der Waals surface area contributed by atoms with Gasteiger partial charge in [-0.3, -0.25) is 4.79 Å². The normalized spacial score (nSPS) is 25.2. The second kappa shape index (κ2) is 5.19. The average molecular weight is 187 g/mol. The monoisotopic (exact) mass is 187 g/mol. The van der Waals surface area contributed by atoms with E-state index < -0.39 is 6.04 Å². The zero-order valence-corrected chi connectivity index (χ0v) is 7.99. The maximum absolute atomic E-state index is 11.0. The first-order valence-electron chi connectivity index (χ1n) is 4.65. The third-order valence-corrected chi connectivity index (χ3v) is 2.35. The van der Waals surface area contributed by atoms with E-state index in [1.54, 1.807) is 0 Å². The Bertz CT molecular complexity index is 166. The first-order chi connectivity index (χ1) is 6.24. The summed E-state index contributed by atoms with van der Waals surface area (Å²) in [5, 5.41) is 0. The Morgan fingerprint density at radius 3 is 3.08 bits per heavy atom. The van der Waals surface area contributed by atoms with Crippen LogP contribution in [0.4, 0.5) is 0 Å². The number of methoxy groups -OCH3 is 1. The second-order valence-electron chi connectivity index (χ2n) is 3.45. The molecule has 0 aromatic heterocycles. The highest BCUT2D eigenvalue weighted by atomic mass is 16.5. The second-order valence-corrected chi connectivity index (χ2v) is 3.45. The molecule has 1 fully saturated rings. The molecule has 0 bridgehead atoms. The van der Waals surface area contributed by atoms with E-state index in [1.807, 2.05) is 0 Å². The third kappa shape index (κ3) is 3.32. The van der Waals surface area contributed by atoms with Crippen molar-refractivity contribution < 1.29 is 14.3 Å². The summed E-state index contributed by atoms with van der Waals surface area (Å²) in [6.45, 7) is 1.56. The van der Waals surface area contributed by atoms with Crippen LogP contribution in [0, 0.1) is 5.92 Å². The maximum Gasteiger partial charge on any atom is 0.322 e. The fraction of sp³-hybridized carbons (Fsp3) is 0.889. The molecule has 2 N–H and O–H groups in total. The lowest BCUT2D eigenvalue weighted by Gasteiger charge is -2.23. The summed E-state index contributed by atoms with van der Waals surface area (Å²) in [6.07, 6.45) is 2.84. The van der Waals surface area contributed by atoms with Crippen LogP contribution in [0.25, 0.3) is 0 Å². The Hall–Kier alpha value is -0.610.